The fourth-order valence-electron chi connectivity index (χ4n) is 3.90. The lowest BCUT2D eigenvalue weighted by Crippen LogP contribution is -2.39. The molecule has 9 nitrogen and oxygen atoms in total. The van der Waals surface area contributed by atoms with Crippen molar-refractivity contribution in [2.24, 2.45) is 0 Å². The van der Waals surface area contributed by atoms with Gasteiger partial charge in [-0.15, -0.1) is 0 Å². The molecule has 0 aromatic carbocycles. The van der Waals surface area contributed by atoms with Crippen molar-refractivity contribution in [1.82, 2.24) is 29.0 Å². The molecule has 0 spiro atoms. The summed E-state index contributed by atoms with van der Waals surface area (Å²) < 4.78 is 14.2. The Kier molecular flexibility index (Phi) is 5.66. The number of rotatable bonds is 6. The van der Waals surface area contributed by atoms with Crippen molar-refractivity contribution in [1.29, 1.82) is 0 Å². The highest BCUT2D eigenvalue weighted by atomic mass is 16.5. The van der Waals surface area contributed by atoms with Crippen LogP contribution in [0.1, 0.15) is 0 Å². The molecule has 0 radical (unpaired) electrons. The smallest absolute Gasteiger partial charge is 0.251 e. The van der Waals surface area contributed by atoms with Crippen LogP contribution in [0.3, 0.4) is 0 Å². The van der Waals surface area contributed by atoms with Gasteiger partial charge < -0.3 is 14.0 Å². The molecule has 0 saturated carbocycles. The molecule has 9 heteroatoms. The molecular formula is C23H24N6O3. The summed E-state index contributed by atoms with van der Waals surface area (Å²) >= 11 is 0. The van der Waals surface area contributed by atoms with Crippen LogP contribution in [0.4, 0.5) is 0 Å². The number of ether oxygens (including phenoxy) is 2. The second kappa shape index (κ2) is 8.89. The van der Waals surface area contributed by atoms with Gasteiger partial charge >= 0.3 is 0 Å². The topological polar surface area (TPSA) is 86.8 Å². The van der Waals surface area contributed by atoms with Crippen molar-refractivity contribution < 1.29 is 9.47 Å². The Hall–Kier alpha value is -3.56. The summed E-state index contributed by atoms with van der Waals surface area (Å²) in [6.45, 7) is 4.81. The van der Waals surface area contributed by atoms with E-state index in [1.54, 1.807) is 34.7 Å². The van der Waals surface area contributed by atoms with Crippen LogP contribution in [0.15, 0.2) is 59.9 Å². The number of pyridine rings is 2. The van der Waals surface area contributed by atoms with Crippen molar-refractivity contribution in [3.63, 3.8) is 0 Å². The van der Waals surface area contributed by atoms with Crippen molar-refractivity contribution >= 4 is 5.65 Å². The molecule has 5 rings (SSSR count). The third kappa shape index (κ3) is 4.00. The maximum Gasteiger partial charge on any atom is 0.251 e. The van der Waals surface area contributed by atoms with Gasteiger partial charge in [0.05, 0.1) is 37.8 Å². The minimum Gasteiger partial charge on any atom is -0.481 e. The summed E-state index contributed by atoms with van der Waals surface area (Å²) in [7, 11) is 1.59. The zero-order valence-electron chi connectivity index (χ0n) is 17.8. The van der Waals surface area contributed by atoms with E-state index >= 15 is 0 Å². The molecule has 0 aliphatic carbocycles. The van der Waals surface area contributed by atoms with E-state index in [1.165, 1.54) is 0 Å². The number of methoxy groups -OCH3 is 1. The number of morpholine rings is 1. The first kappa shape index (κ1) is 20.3. The minimum atomic E-state index is -0.0416. The molecule has 0 amide bonds. The zero-order chi connectivity index (χ0) is 21.9. The highest BCUT2D eigenvalue weighted by Gasteiger charge is 2.15. The summed E-state index contributed by atoms with van der Waals surface area (Å²) in [4.78, 5) is 24.1. The van der Waals surface area contributed by atoms with Crippen molar-refractivity contribution in [3.8, 4) is 28.3 Å². The molecule has 0 unspecified atom stereocenters. The first-order valence-electron chi connectivity index (χ1n) is 10.6. The van der Waals surface area contributed by atoms with Gasteiger partial charge in [-0.2, -0.15) is 5.10 Å². The van der Waals surface area contributed by atoms with Gasteiger partial charge in [0, 0.05) is 62.0 Å². The predicted molar refractivity (Wildman–Crippen MR) is 120 cm³/mol. The number of hydrogen-bond acceptors (Lipinski definition) is 7. The second-order valence-corrected chi connectivity index (χ2v) is 7.60. The Morgan fingerprint density at radius 1 is 1.09 bits per heavy atom. The van der Waals surface area contributed by atoms with E-state index in [0.29, 0.717) is 23.8 Å². The minimum absolute atomic E-state index is 0.0416. The highest BCUT2D eigenvalue weighted by Crippen LogP contribution is 2.30. The van der Waals surface area contributed by atoms with E-state index in [0.717, 1.165) is 49.5 Å². The normalized spacial score (nSPS) is 14.7. The number of hydrogen-bond donors (Lipinski definition) is 0. The van der Waals surface area contributed by atoms with Gasteiger partial charge in [-0.1, -0.05) is 0 Å². The molecule has 0 atom stereocenters. The third-order valence-corrected chi connectivity index (χ3v) is 5.68. The molecule has 0 bridgehead atoms. The molecule has 4 aromatic rings. The standard InChI is InChI=1S/C23H24N6O3/c1-31-23-18(3-2-6-24-23)19-16-25-29-8-5-20(26-22(19)29)17-4-7-28(21(30)15-17)10-9-27-11-13-32-14-12-27/h2-8,15-16H,9-14H2,1H3. The molecule has 32 heavy (non-hydrogen) atoms. The van der Waals surface area contributed by atoms with E-state index in [2.05, 4.69) is 15.0 Å². The van der Waals surface area contributed by atoms with Crippen molar-refractivity contribution in [2.45, 2.75) is 6.54 Å². The maximum atomic E-state index is 12.7. The van der Waals surface area contributed by atoms with Crippen LogP contribution in [-0.2, 0) is 11.3 Å². The van der Waals surface area contributed by atoms with Crippen LogP contribution in [-0.4, -0.2) is 69.0 Å². The largest absolute Gasteiger partial charge is 0.481 e. The van der Waals surface area contributed by atoms with Gasteiger partial charge in [-0.3, -0.25) is 9.69 Å². The second-order valence-electron chi connectivity index (χ2n) is 7.60. The Morgan fingerprint density at radius 3 is 2.78 bits per heavy atom. The molecule has 1 aliphatic heterocycles. The van der Waals surface area contributed by atoms with Gasteiger partial charge in [-0.05, 0) is 24.3 Å². The van der Waals surface area contributed by atoms with Crippen LogP contribution in [0.25, 0.3) is 28.0 Å². The van der Waals surface area contributed by atoms with Crippen LogP contribution >= 0.6 is 0 Å². The van der Waals surface area contributed by atoms with Gasteiger partial charge in [0.1, 0.15) is 0 Å². The summed E-state index contributed by atoms with van der Waals surface area (Å²) in [6.07, 6.45) is 7.11. The lowest BCUT2D eigenvalue weighted by molar-refractivity contribution is 0.0363. The molecule has 1 saturated heterocycles. The molecule has 1 fully saturated rings. The van der Waals surface area contributed by atoms with E-state index in [4.69, 9.17) is 14.5 Å². The third-order valence-electron chi connectivity index (χ3n) is 5.68. The monoisotopic (exact) mass is 432 g/mol. The summed E-state index contributed by atoms with van der Waals surface area (Å²) in [5, 5.41) is 4.40. The summed E-state index contributed by atoms with van der Waals surface area (Å²) in [5.74, 6) is 0.512. The predicted octanol–water partition coefficient (Wildman–Crippen LogP) is 1.96. The highest BCUT2D eigenvalue weighted by molar-refractivity contribution is 5.81. The van der Waals surface area contributed by atoms with E-state index in [1.807, 2.05) is 36.7 Å². The molecule has 4 aromatic heterocycles. The van der Waals surface area contributed by atoms with Crippen LogP contribution < -0.4 is 10.3 Å². The Labute approximate surface area is 184 Å². The first-order valence-corrected chi connectivity index (χ1v) is 10.6. The SMILES string of the molecule is COc1ncccc1-c1cnn2ccc(-c3ccn(CCN4CCOCC4)c(=O)c3)nc12. The van der Waals surface area contributed by atoms with Gasteiger partial charge in [0.15, 0.2) is 5.65 Å². The van der Waals surface area contributed by atoms with Crippen molar-refractivity contribution in [3.05, 3.63) is 65.5 Å². The van der Waals surface area contributed by atoms with Gasteiger partial charge in [-0.25, -0.2) is 14.5 Å². The van der Waals surface area contributed by atoms with Gasteiger partial charge in [0.25, 0.3) is 5.56 Å². The Balaban J connectivity index is 1.43. The molecule has 164 valence electrons. The number of nitrogens with zero attached hydrogens (tertiary/aromatic N) is 6. The summed E-state index contributed by atoms with van der Waals surface area (Å²) in [5.41, 5.74) is 3.74. The fourth-order valence-corrected chi connectivity index (χ4v) is 3.90. The molecule has 1 aliphatic rings. The van der Waals surface area contributed by atoms with Gasteiger partial charge in [0.2, 0.25) is 5.88 Å². The van der Waals surface area contributed by atoms with E-state index in [-0.39, 0.29) is 5.56 Å². The van der Waals surface area contributed by atoms with E-state index in [9.17, 15) is 4.79 Å². The Morgan fingerprint density at radius 2 is 1.97 bits per heavy atom. The van der Waals surface area contributed by atoms with Crippen LogP contribution in [0, 0.1) is 0 Å². The fraction of sp³-hybridized carbons (Fsp3) is 0.304. The van der Waals surface area contributed by atoms with E-state index < -0.39 is 0 Å². The molecule has 0 N–H and O–H groups in total. The molecular weight excluding hydrogens is 408 g/mol. The number of fused-ring (bicyclic) bond motifs is 1. The average Bonchev–Trinajstić information content (AvgIpc) is 3.27. The first-order chi connectivity index (χ1) is 15.7. The van der Waals surface area contributed by atoms with Crippen molar-refractivity contribution in [2.75, 3.05) is 40.0 Å². The Bertz CT molecular complexity index is 1290. The lowest BCUT2D eigenvalue weighted by atomic mass is 10.1. The van der Waals surface area contributed by atoms with Crippen LogP contribution in [0.2, 0.25) is 0 Å². The quantitative estimate of drug-likeness (QED) is 0.460. The molecule has 5 heterocycles. The lowest BCUT2D eigenvalue weighted by Gasteiger charge is -2.26. The maximum absolute atomic E-state index is 12.7. The average molecular weight is 432 g/mol. The number of aromatic nitrogens is 5. The summed E-state index contributed by atoms with van der Waals surface area (Å²) in [6, 6.07) is 9.20. The van der Waals surface area contributed by atoms with Crippen LogP contribution in [0.5, 0.6) is 5.88 Å². The zero-order valence-corrected chi connectivity index (χ0v) is 17.8.